The highest BCUT2D eigenvalue weighted by molar-refractivity contribution is 9.10. The van der Waals surface area contributed by atoms with E-state index in [2.05, 4.69) is 40.6 Å². The fraction of sp³-hybridized carbons (Fsp3) is 0.200. The molecular weight excluding hydrogens is 320 g/mol. The highest BCUT2D eigenvalue weighted by Crippen LogP contribution is 2.21. The largest absolute Gasteiger partial charge is 0.282 e. The summed E-state index contributed by atoms with van der Waals surface area (Å²) in [6, 6.07) is 0. The summed E-state index contributed by atoms with van der Waals surface area (Å²) in [4.78, 5) is 0. The summed E-state index contributed by atoms with van der Waals surface area (Å²) in [7, 11) is -2.25. The van der Waals surface area contributed by atoms with Crippen molar-refractivity contribution < 1.29 is 8.42 Å². The molecule has 0 bridgehead atoms. The second kappa shape index (κ2) is 4.07. The summed E-state index contributed by atoms with van der Waals surface area (Å²) < 4.78 is 31.0. The molecule has 8 nitrogen and oxygen atoms in total. The number of rotatable bonds is 3. The molecule has 86 valence electrons. The second-order valence-corrected chi connectivity index (χ2v) is 5.83. The summed E-state index contributed by atoms with van der Waals surface area (Å²) in [6.07, 6.45) is 1.32. The van der Waals surface area contributed by atoms with Crippen molar-refractivity contribution in [1.82, 2.24) is 24.6 Å². The van der Waals surface area contributed by atoms with E-state index in [-0.39, 0.29) is 9.63 Å². The summed E-state index contributed by atoms with van der Waals surface area (Å²) in [5.41, 5.74) is 0. The zero-order valence-electron chi connectivity index (χ0n) is 7.82. The van der Waals surface area contributed by atoms with Crippen molar-refractivity contribution in [2.75, 3.05) is 4.72 Å². The number of aromatic nitrogens is 5. The van der Waals surface area contributed by atoms with Crippen molar-refractivity contribution in [3.8, 4) is 0 Å². The molecule has 2 heterocycles. The first kappa shape index (κ1) is 11.4. The molecule has 2 rings (SSSR count). The Morgan fingerprint density at radius 2 is 2.31 bits per heavy atom. The molecule has 0 aromatic carbocycles. The van der Waals surface area contributed by atoms with E-state index in [0.29, 0.717) is 5.00 Å². The molecule has 0 unspecified atom stereocenters. The lowest BCUT2D eigenvalue weighted by molar-refractivity contribution is 0.578. The normalized spacial score (nSPS) is 11.6. The SMILES string of the molecule is Cn1nnc(Br)c1S(=O)(=O)Nc1cnns1. The maximum absolute atomic E-state index is 11.9. The van der Waals surface area contributed by atoms with Crippen molar-refractivity contribution in [3.63, 3.8) is 0 Å². The number of hydrogen-bond acceptors (Lipinski definition) is 7. The molecule has 0 aliphatic heterocycles. The predicted molar refractivity (Wildman–Crippen MR) is 59.4 cm³/mol. The van der Waals surface area contributed by atoms with Gasteiger partial charge in [-0.15, -0.1) is 10.2 Å². The molecule has 0 fully saturated rings. The highest BCUT2D eigenvalue weighted by atomic mass is 79.9. The standard InChI is InChI=1S/C5H5BrN6O2S2/c1-12-5(4(6)8-10-12)16(13,14)9-3-2-7-11-15-3/h2,9H,1H3. The first-order valence-corrected chi connectivity index (χ1v) is 6.91. The fourth-order valence-corrected chi connectivity index (χ4v) is 3.78. The van der Waals surface area contributed by atoms with Crippen LogP contribution < -0.4 is 4.72 Å². The van der Waals surface area contributed by atoms with Gasteiger partial charge < -0.3 is 0 Å². The molecule has 0 radical (unpaired) electrons. The first-order chi connectivity index (χ1) is 7.50. The van der Waals surface area contributed by atoms with Gasteiger partial charge >= 0.3 is 0 Å². The average Bonchev–Trinajstić information content (AvgIpc) is 2.76. The summed E-state index contributed by atoms with van der Waals surface area (Å²) >= 11 is 3.96. The number of hydrogen-bond donors (Lipinski definition) is 1. The van der Waals surface area contributed by atoms with E-state index in [1.165, 1.54) is 13.2 Å². The first-order valence-electron chi connectivity index (χ1n) is 3.86. The van der Waals surface area contributed by atoms with Gasteiger partial charge in [0.1, 0.15) is 5.00 Å². The summed E-state index contributed by atoms with van der Waals surface area (Å²) in [5, 5.41) is 11.0. The fourth-order valence-electron chi connectivity index (χ4n) is 1.00. The zero-order chi connectivity index (χ0) is 11.8. The third-order valence-corrected chi connectivity index (χ3v) is 4.55. The summed E-state index contributed by atoms with van der Waals surface area (Å²) in [5.74, 6) is 0. The smallest absolute Gasteiger partial charge is 0.266 e. The van der Waals surface area contributed by atoms with Gasteiger partial charge in [-0.2, -0.15) is 8.42 Å². The number of sulfonamides is 1. The third-order valence-electron chi connectivity index (χ3n) is 1.59. The van der Waals surface area contributed by atoms with Crippen LogP contribution in [0.4, 0.5) is 5.00 Å². The van der Waals surface area contributed by atoms with Crippen LogP contribution in [0.5, 0.6) is 0 Å². The predicted octanol–water partition coefficient (Wildman–Crippen LogP) is 0.230. The second-order valence-electron chi connectivity index (χ2n) is 2.70. The highest BCUT2D eigenvalue weighted by Gasteiger charge is 2.24. The van der Waals surface area contributed by atoms with Crippen molar-refractivity contribution in [3.05, 3.63) is 10.8 Å². The van der Waals surface area contributed by atoms with E-state index in [1.807, 2.05) is 0 Å². The van der Waals surface area contributed by atoms with Crippen LogP contribution in [-0.4, -0.2) is 33.0 Å². The van der Waals surface area contributed by atoms with Crippen LogP contribution in [-0.2, 0) is 17.1 Å². The number of nitrogens with zero attached hydrogens (tertiary/aromatic N) is 5. The van der Waals surface area contributed by atoms with E-state index >= 15 is 0 Å². The summed E-state index contributed by atoms with van der Waals surface area (Å²) in [6.45, 7) is 0. The van der Waals surface area contributed by atoms with Gasteiger partial charge in [-0.3, -0.25) is 4.72 Å². The van der Waals surface area contributed by atoms with E-state index in [9.17, 15) is 8.42 Å². The van der Waals surface area contributed by atoms with Crippen molar-refractivity contribution >= 4 is 42.5 Å². The van der Waals surface area contributed by atoms with Gasteiger partial charge in [0.05, 0.1) is 6.20 Å². The third kappa shape index (κ3) is 2.05. The Kier molecular flexibility index (Phi) is 2.90. The van der Waals surface area contributed by atoms with Crippen LogP contribution >= 0.6 is 27.5 Å². The quantitative estimate of drug-likeness (QED) is 0.866. The molecule has 1 N–H and O–H groups in total. The molecule has 0 aliphatic rings. The number of halogens is 1. The average molecular weight is 325 g/mol. The van der Waals surface area contributed by atoms with Gasteiger partial charge in [-0.25, -0.2) is 4.68 Å². The Hall–Kier alpha value is -1.07. The maximum atomic E-state index is 11.9. The molecule has 16 heavy (non-hydrogen) atoms. The van der Waals surface area contributed by atoms with Crippen LogP contribution in [0.25, 0.3) is 0 Å². The monoisotopic (exact) mass is 324 g/mol. The van der Waals surface area contributed by atoms with Crippen LogP contribution in [0.15, 0.2) is 15.8 Å². The minimum absolute atomic E-state index is 0.0547. The lowest BCUT2D eigenvalue weighted by Gasteiger charge is -2.04. The molecule has 0 saturated heterocycles. The lowest BCUT2D eigenvalue weighted by Crippen LogP contribution is -2.16. The van der Waals surface area contributed by atoms with Crippen LogP contribution in [0.2, 0.25) is 0 Å². The van der Waals surface area contributed by atoms with E-state index < -0.39 is 10.0 Å². The zero-order valence-corrected chi connectivity index (χ0v) is 11.0. The Morgan fingerprint density at radius 1 is 1.56 bits per heavy atom. The van der Waals surface area contributed by atoms with Crippen molar-refractivity contribution in [2.24, 2.45) is 7.05 Å². The van der Waals surface area contributed by atoms with Gasteiger partial charge in [0.25, 0.3) is 10.0 Å². The van der Waals surface area contributed by atoms with Gasteiger partial charge in [0.2, 0.25) is 5.03 Å². The minimum Gasteiger partial charge on any atom is -0.266 e. The number of anilines is 1. The van der Waals surface area contributed by atoms with Gasteiger partial charge in [0, 0.05) is 18.6 Å². The Bertz CT molecular complexity index is 571. The lowest BCUT2D eigenvalue weighted by atomic mass is 10.9. The van der Waals surface area contributed by atoms with Crippen LogP contribution in [0.3, 0.4) is 0 Å². The number of aryl methyl sites for hydroxylation is 1. The molecule has 0 saturated carbocycles. The molecule has 0 spiro atoms. The molecular formula is C5H5BrN6O2S2. The minimum atomic E-state index is -3.73. The van der Waals surface area contributed by atoms with Crippen LogP contribution in [0, 0.1) is 0 Å². The topological polar surface area (TPSA) is 103 Å². The molecule has 2 aromatic rings. The molecule has 0 atom stereocenters. The van der Waals surface area contributed by atoms with Gasteiger partial charge in [-0.1, -0.05) is 9.70 Å². The van der Waals surface area contributed by atoms with Crippen molar-refractivity contribution in [1.29, 1.82) is 0 Å². The molecule has 0 amide bonds. The van der Waals surface area contributed by atoms with Gasteiger partial charge in [0.15, 0.2) is 4.60 Å². The Balaban J connectivity index is 2.40. The Morgan fingerprint density at radius 3 is 2.81 bits per heavy atom. The Labute approximate surface area is 103 Å². The molecule has 2 aromatic heterocycles. The van der Waals surface area contributed by atoms with E-state index in [0.717, 1.165) is 16.2 Å². The number of nitrogens with one attached hydrogen (secondary N) is 1. The maximum Gasteiger partial charge on any atom is 0.282 e. The molecule has 11 heteroatoms. The van der Waals surface area contributed by atoms with Crippen LogP contribution in [0.1, 0.15) is 0 Å². The van der Waals surface area contributed by atoms with Crippen molar-refractivity contribution in [2.45, 2.75) is 5.03 Å². The van der Waals surface area contributed by atoms with E-state index in [1.54, 1.807) is 0 Å². The van der Waals surface area contributed by atoms with E-state index in [4.69, 9.17) is 0 Å². The molecule has 0 aliphatic carbocycles. The van der Waals surface area contributed by atoms with Gasteiger partial charge in [-0.05, 0) is 15.9 Å².